The van der Waals surface area contributed by atoms with E-state index in [-0.39, 0.29) is 5.91 Å². The molecule has 0 saturated heterocycles. The lowest BCUT2D eigenvalue weighted by molar-refractivity contribution is -0.127. The quantitative estimate of drug-likeness (QED) is 0.750. The third-order valence-electron chi connectivity index (χ3n) is 3.20. The van der Waals surface area contributed by atoms with E-state index in [4.69, 9.17) is 22.1 Å². The molecule has 0 aliphatic heterocycles. The minimum Gasteiger partial charge on any atom is -0.479 e. The Hall–Kier alpha value is -2.73. The third kappa shape index (κ3) is 5.17. The van der Waals surface area contributed by atoms with Crippen LogP contribution in [0.3, 0.4) is 0 Å². The van der Waals surface area contributed by atoms with Gasteiger partial charge in [-0.15, -0.1) is 0 Å². The molecule has 4 N–H and O–H groups in total. The lowest BCUT2D eigenvalue weighted by atomic mass is 10.2. The zero-order valence-corrected chi connectivity index (χ0v) is 13.8. The van der Waals surface area contributed by atoms with Crippen molar-refractivity contribution >= 4 is 29.2 Å². The molecule has 24 heavy (non-hydrogen) atoms. The predicted octanol–water partition coefficient (Wildman–Crippen LogP) is 2.91. The van der Waals surface area contributed by atoms with Crippen molar-refractivity contribution in [2.45, 2.75) is 19.6 Å². The predicted molar refractivity (Wildman–Crippen MR) is 93.0 cm³/mol. The van der Waals surface area contributed by atoms with Crippen molar-refractivity contribution in [3.8, 4) is 5.75 Å². The summed E-state index contributed by atoms with van der Waals surface area (Å²) in [6.45, 7) is 1.99. The van der Waals surface area contributed by atoms with Crippen LogP contribution in [0.25, 0.3) is 0 Å². The maximum absolute atomic E-state index is 12.1. The van der Waals surface area contributed by atoms with Gasteiger partial charge in [0.1, 0.15) is 5.75 Å². The fraction of sp³-hybridized carbons (Fsp3) is 0.176. The number of carbonyl (C=O) groups excluding carboxylic acids is 2. The van der Waals surface area contributed by atoms with Crippen LogP contribution in [0.1, 0.15) is 12.5 Å². The first-order chi connectivity index (χ1) is 11.5. The van der Waals surface area contributed by atoms with Gasteiger partial charge in [-0.1, -0.05) is 35.9 Å². The van der Waals surface area contributed by atoms with Crippen molar-refractivity contribution in [2.75, 3.05) is 5.32 Å². The maximum atomic E-state index is 12.1. The van der Waals surface area contributed by atoms with Crippen LogP contribution in [0, 0.1) is 0 Å². The SMILES string of the molecule is CC(Oc1ccccc1Cl)C(=O)NCc1ccc(NC(N)=O)cc1. The number of hydrogen-bond acceptors (Lipinski definition) is 3. The first-order valence-electron chi connectivity index (χ1n) is 7.30. The molecule has 0 aliphatic rings. The third-order valence-corrected chi connectivity index (χ3v) is 3.51. The highest BCUT2D eigenvalue weighted by Gasteiger charge is 2.15. The number of hydrogen-bond donors (Lipinski definition) is 3. The molecular weight excluding hydrogens is 330 g/mol. The Bertz CT molecular complexity index is 719. The second kappa shape index (κ2) is 8.21. The molecular formula is C17H18ClN3O3. The zero-order valence-electron chi connectivity index (χ0n) is 13.1. The smallest absolute Gasteiger partial charge is 0.316 e. The van der Waals surface area contributed by atoms with Gasteiger partial charge in [0, 0.05) is 12.2 Å². The lowest BCUT2D eigenvalue weighted by Crippen LogP contribution is -2.35. The van der Waals surface area contributed by atoms with E-state index >= 15 is 0 Å². The summed E-state index contributed by atoms with van der Waals surface area (Å²) in [6, 6.07) is 13.3. The largest absolute Gasteiger partial charge is 0.479 e. The summed E-state index contributed by atoms with van der Waals surface area (Å²) >= 11 is 6.00. The van der Waals surface area contributed by atoms with Gasteiger partial charge in [-0.25, -0.2) is 4.79 Å². The van der Waals surface area contributed by atoms with Gasteiger partial charge in [0.05, 0.1) is 5.02 Å². The van der Waals surface area contributed by atoms with E-state index in [0.29, 0.717) is 23.0 Å². The van der Waals surface area contributed by atoms with Gasteiger partial charge < -0.3 is 21.1 Å². The number of rotatable bonds is 6. The summed E-state index contributed by atoms with van der Waals surface area (Å²) in [5, 5.41) is 5.70. The number of para-hydroxylation sites is 1. The number of carbonyl (C=O) groups is 2. The van der Waals surface area contributed by atoms with Crippen LogP contribution >= 0.6 is 11.6 Å². The Morgan fingerprint density at radius 3 is 2.46 bits per heavy atom. The molecule has 6 nitrogen and oxygen atoms in total. The van der Waals surface area contributed by atoms with Gasteiger partial charge in [-0.3, -0.25) is 4.79 Å². The average molecular weight is 348 g/mol. The van der Waals surface area contributed by atoms with E-state index in [1.165, 1.54) is 0 Å². The van der Waals surface area contributed by atoms with E-state index < -0.39 is 12.1 Å². The van der Waals surface area contributed by atoms with Crippen molar-refractivity contribution in [1.29, 1.82) is 0 Å². The van der Waals surface area contributed by atoms with Crippen molar-refractivity contribution in [1.82, 2.24) is 5.32 Å². The van der Waals surface area contributed by atoms with E-state index in [1.54, 1.807) is 55.5 Å². The Morgan fingerprint density at radius 1 is 1.17 bits per heavy atom. The van der Waals surface area contributed by atoms with Gasteiger partial charge in [-0.2, -0.15) is 0 Å². The first-order valence-corrected chi connectivity index (χ1v) is 7.68. The second-order valence-electron chi connectivity index (χ2n) is 5.09. The molecule has 2 rings (SSSR count). The number of anilines is 1. The Morgan fingerprint density at radius 2 is 1.83 bits per heavy atom. The fourth-order valence-corrected chi connectivity index (χ4v) is 2.15. The van der Waals surface area contributed by atoms with Gasteiger partial charge >= 0.3 is 6.03 Å². The molecule has 0 aliphatic carbocycles. The summed E-state index contributed by atoms with van der Waals surface area (Å²) in [7, 11) is 0. The van der Waals surface area contributed by atoms with Crippen molar-refractivity contribution in [3.63, 3.8) is 0 Å². The minimum absolute atomic E-state index is 0.255. The van der Waals surface area contributed by atoms with Gasteiger partial charge in [0.2, 0.25) is 0 Å². The summed E-state index contributed by atoms with van der Waals surface area (Å²) in [6.07, 6.45) is -0.680. The van der Waals surface area contributed by atoms with Gasteiger partial charge in [0.15, 0.2) is 6.10 Å². The van der Waals surface area contributed by atoms with Crippen molar-refractivity contribution in [2.24, 2.45) is 5.73 Å². The monoisotopic (exact) mass is 347 g/mol. The highest BCUT2D eigenvalue weighted by molar-refractivity contribution is 6.32. The van der Waals surface area contributed by atoms with E-state index in [0.717, 1.165) is 5.56 Å². The highest BCUT2D eigenvalue weighted by Crippen LogP contribution is 2.24. The van der Waals surface area contributed by atoms with Crippen LogP contribution in [-0.4, -0.2) is 18.0 Å². The fourth-order valence-electron chi connectivity index (χ4n) is 1.97. The number of nitrogens with two attached hydrogens (primary N) is 1. The molecule has 2 aromatic rings. The number of benzene rings is 2. The van der Waals surface area contributed by atoms with Crippen LogP contribution in [0.2, 0.25) is 5.02 Å². The van der Waals surface area contributed by atoms with Crippen LogP contribution in [0.5, 0.6) is 5.75 Å². The molecule has 2 aromatic carbocycles. The molecule has 0 spiro atoms. The van der Waals surface area contributed by atoms with Crippen LogP contribution in [0.4, 0.5) is 10.5 Å². The topological polar surface area (TPSA) is 93.4 Å². The Kier molecular flexibility index (Phi) is 6.03. The molecule has 7 heteroatoms. The van der Waals surface area contributed by atoms with Crippen LogP contribution in [0.15, 0.2) is 48.5 Å². The van der Waals surface area contributed by atoms with Gasteiger partial charge in [-0.05, 0) is 36.8 Å². The van der Waals surface area contributed by atoms with Crippen LogP contribution < -0.4 is 21.1 Å². The molecule has 1 unspecified atom stereocenters. The van der Waals surface area contributed by atoms with Gasteiger partial charge in [0.25, 0.3) is 5.91 Å². The summed E-state index contributed by atoms with van der Waals surface area (Å²) < 4.78 is 5.55. The van der Waals surface area contributed by atoms with E-state index in [1.807, 2.05) is 0 Å². The molecule has 0 radical (unpaired) electrons. The van der Waals surface area contributed by atoms with Crippen molar-refractivity contribution in [3.05, 3.63) is 59.1 Å². The number of nitrogens with one attached hydrogen (secondary N) is 2. The zero-order chi connectivity index (χ0) is 17.5. The average Bonchev–Trinajstić information content (AvgIpc) is 2.55. The van der Waals surface area contributed by atoms with E-state index in [9.17, 15) is 9.59 Å². The van der Waals surface area contributed by atoms with Crippen molar-refractivity contribution < 1.29 is 14.3 Å². The molecule has 1 atom stereocenters. The number of urea groups is 1. The molecule has 0 saturated carbocycles. The normalized spacial score (nSPS) is 11.4. The molecule has 126 valence electrons. The lowest BCUT2D eigenvalue weighted by Gasteiger charge is -2.15. The molecule has 0 fully saturated rings. The molecule has 0 aromatic heterocycles. The number of halogens is 1. The summed E-state index contributed by atoms with van der Waals surface area (Å²) in [5.74, 6) is 0.206. The molecule has 0 bridgehead atoms. The maximum Gasteiger partial charge on any atom is 0.316 e. The number of amides is 3. The summed E-state index contributed by atoms with van der Waals surface area (Å²) in [4.78, 5) is 22.8. The number of ether oxygens (including phenoxy) is 1. The second-order valence-corrected chi connectivity index (χ2v) is 5.50. The summed E-state index contributed by atoms with van der Waals surface area (Å²) in [5.41, 5.74) is 6.51. The van der Waals surface area contributed by atoms with E-state index in [2.05, 4.69) is 10.6 Å². The Balaban J connectivity index is 1.86. The number of primary amides is 1. The molecule has 3 amide bonds. The highest BCUT2D eigenvalue weighted by atomic mass is 35.5. The Labute approximate surface area is 144 Å². The van der Waals surface area contributed by atoms with Crippen LogP contribution in [-0.2, 0) is 11.3 Å². The molecule has 0 heterocycles. The first kappa shape index (κ1) is 17.6. The minimum atomic E-state index is -0.680. The standard InChI is InChI=1S/C17H18ClN3O3/c1-11(24-15-5-3-2-4-14(15)18)16(22)20-10-12-6-8-13(9-7-12)21-17(19)23/h2-9,11H,10H2,1H3,(H,20,22)(H3,19,21,23).